The van der Waals surface area contributed by atoms with Gasteiger partial charge in [-0.1, -0.05) is 156 Å². The number of methoxy groups -OCH3 is 4. The Kier molecular flexibility index (Phi) is 39.6. The number of thiocarbonyl (C=S) groups is 1. The number of halogens is 3. The number of ether oxygens (including phenoxy) is 5. The van der Waals surface area contributed by atoms with E-state index in [9.17, 15) is 57.8 Å². The van der Waals surface area contributed by atoms with E-state index in [1.54, 1.807) is 128 Å². The van der Waals surface area contributed by atoms with Crippen LogP contribution in [0.15, 0.2) is 232 Å². The lowest BCUT2D eigenvalue weighted by atomic mass is 9.95. The van der Waals surface area contributed by atoms with Crippen molar-refractivity contribution in [1.29, 1.82) is 0 Å². The Morgan fingerprint density at radius 3 is 1.83 bits per heavy atom. The molecule has 1 aliphatic rings. The molecule has 2 atom stereocenters. The number of thiazole rings is 1. The van der Waals surface area contributed by atoms with Gasteiger partial charge in [0.1, 0.15) is 39.4 Å². The van der Waals surface area contributed by atoms with Gasteiger partial charge < -0.3 is 76.6 Å². The topological polar surface area (TPSA) is 541 Å². The maximum atomic E-state index is 14.0. The number of esters is 2. The Balaban J connectivity index is 0.000000175. The maximum absolute atomic E-state index is 14.0. The van der Waals surface area contributed by atoms with Crippen molar-refractivity contribution in [2.45, 2.75) is 104 Å². The van der Waals surface area contributed by atoms with Crippen LogP contribution in [0.2, 0.25) is 15.1 Å². The van der Waals surface area contributed by atoms with E-state index in [0.717, 1.165) is 89.9 Å². The molecule has 1 fully saturated rings. The van der Waals surface area contributed by atoms with Crippen LogP contribution in [0, 0.1) is 13.8 Å². The van der Waals surface area contributed by atoms with Crippen molar-refractivity contribution in [2.75, 3.05) is 72.4 Å². The molecule has 6 aromatic heterocycles. The lowest BCUT2D eigenvalue weighted by Crippen LogP contribution is -2.46. The van der Waals surface area contributed by atoms with E-state index in [2.05, 4.69) is 65.4 Å². The number of carbonyl (C=O) groups is 11. The first-order valence-corrected chi connectivity index (χ1v) is 47.9. The molecule has 14 N–H and O–H groups in total. The molecule has 0 aliphatic heterocycles. The number of phenols is 1. The molecule has 14 aromatic rings. The van der Waals surface area contributed by atoms with Gasteiger partial charge in [0.2, 0.25) is 11.5 Å². The number of para-hydroxylation sites is 2. The van der Waals surface area contributed by atoms with Crippen LogP contribution in [0.25, 0.3) is 10.9 Å². The smallest absolute Gasteiger partial charge is 0.374 e. The predicted molar refractivity (Wildman–Crippen MR) is 554 cm³/mol. The van der Waals surface area contributed by atoms with E-state index in [0.29, 0.717) is 108 Å². The number of amides is 7. The summed E-state index contributed by atoms with van der Waals surface area (Å²) in [6.07, 6.45) is 8.05. The number of primary amides is 2. The Labute approximate surface area is 857 Å². The lowest BCUT2D eigenvalue weighted by molar-refractivity contribution is -0.151. The van der Waals surface area contributed by atoms with E-state index in [4.69, 9.17) is 97.8 Å². The van der Waals surface area contributed by atoms with Crippen LogP contribution in [0.4, 0.5) is 39.5 Å². The highest BCUT2D eigenvalue weighted by Crippen LogP contribution is 2.41. The van der Waals surface area contributed by atoms with Gasteiger partial charge in [-0.25, -0.2) is 19.7 Å². The summed E-state index contributed by atoms with van der Waals surface area (Å²) in [6, 6.07) is 54.9. The maximum Gasteiger partial charge on any atom is 0.374 e. The fraction of sp³-hybridized carbons (Fsp3) is 0.210. The summed E-state index contributed by atoms with van der Waals surface area (Å²) in [5, 5.41) is 33.1. The van der Waals surface area contributed by atoms with Crippen LogP contribution in [0.3, 0.4) is 0 Å². The number of benzene rings is 8. The molecule has 0 bridgehead atoms. The van der Waals surface area contributed by atoms with Crippen LogP contribution >= 0.6 is 81.4 Å². The predicted octanol–water partition coefficient (Wildman–Crippen LogP) is 17.0. The van der Waals surface area contributed by atoms with Gasteiger partial charge in [0.05, 0.1) is 93.0 Å². The average molecular weight is 2090 g/mol. The molecule has 6 heterocycles. The SMILES string of the molecule is CCOC(=O)Cc1csc(NC(=S)NC(=O)c2cc(OC)c(OC)c(OC)c2)n1.CCc1ccc(N(C(=O)c2snc(C(N)=O)c2N)C(C(=O)NC2CCCC2)c2ccco2)cc1.COC(=O)C(=O)C/C(=N/Nc1ncnc2ccccc12)c1ccc(Cl)cc1.Cc1cc(NC(=O)c2ccc(Cl)cc2Cl)no1.Cc1ccc(CCC(=O)C(c2ccc(O)cc2)N(C(=O)c2snc(C(N)=O)c2N)c2ccccc2)cc1. The molecule has 144 heavy (non-hydrogen) atoms. The molecule has 15 rings (SSSR count). The van der Waals surface area contributed by atoms with Crippen molar-refractivity contribution in [2.24, 2.45) is 16.6 Å². The monoisotopic (exact) mass is 2090 g/mol. The molecule has 7 amide bonds. The number of anilines is 7. The second-order valence-corrected chi connectivity index (χ2v) is 35.3. The van der Waals surface area contributed by atoms with Crippen molar-refractivity contribution >= 4 is 208 Å². The highest BCUT2D eigenvalue weighted by Gasteiger charge is 2.40. The Bertz CT molecular complexity index is 6920. The van der Waals surface area contributed by atoms with Crippen LogP contribution in [-0.2, 0) is 52.7 Å². The van der Waals surface area contributed by atoms with E-state index in [1.807, 2.05) is 74.5 Å². The number of nitrogens with two attached hydrogens (primary N) is 4. The van der Waals surface area contributed by atoms with E-state index < -0.39 is 53.4 Å². The van der Waals surface area contributed by atoms with Crippen molar-refractivity contribution in [3.8, 4) is 23.0 Å². The number of Topliss-reactive ketones (excluding diaryl/α,β-unsaturated/α-hetero) is 2. The number of hydrazone groups is 1. The third-order valence-corrected chi connectivity index (χ3v) is 24.9. The number of aryl methyl sites for hydroxylation is 4. The van der Waals surface area contributed by atoms with Crippen molar-refractivity contribution < 1.29 is 90.5 Å². The summed E-state index contributed by atoms with van der Waals surface area (Å²) in [7, 11) is 5.55. The number of aromatic nitrogens is 6. The van der Waals surface area contributed by atoms with Gasteiger partial charge >= 0.3 is 11.9 Å². The number of fused-ring (bicyclic) bond motifs is 1. The average Bonchev–Trinajstić information content (AvgIpc) is 1.56. The molecule has 0 saturated heterocycles. The number of furan rings is 1. The summed E-state index contributed by atoms with van der Waals surface area (Å²) >= 11 is 25.5. The van der Waals surface area contributed by atoms with Gasteiger partial charge in [-0.2, -0.15) is 13.8 Å². The number of rotatable bonds is 33. The fourth-order valence-corrected chi connectivity index (χ4v) is 17.3. The molecule has 1 aliphatic carbocycles. The van der Waals surface area contributed by atoms with Crippen molar-refractivity contribution in [3.63, 3.8) is 0 Å². The van der Waals surface area contributed by atoms with Crippen LogP contribution in [0.1, 0.15) is 171 Å². The van der Waals surface area contributed by atoms with Gasteiger partial charge in [0.15, 0.2) is 56.6 Å². The van der Waals surface area contributed by atoms with Crippen molar-refractivity contribution in [3.05, 3.63) is 311 Å². The molecule has 0 radical (unpaired) electrons. The summed E-state index contributed by atoms with van der Waals surface area (Å²) < 4.78 is 43.5. The second kappa shape index (κ2) is 52.5. The molecule has 746 valence electrons. The quantitative estimate of drug-likeness (QED) is 0.00600. The van der Waals surface area contributed by atoms with Crippen molar-refractivity contribution in [1.82, 2.24) is 39.5 Å². The Hall–Kier alpha value is -15.9. The number of phenolic OH excluding ortho intramolecular Hbond substituents is 1. The van der Waals surface area contributed by atoms with Gasteiger partial charge in [0.25, 0.3) is 41.4 Å². The molecule has 1 saturated carbocycles. The number of nitrogen functional groups attached to an aromatic ring is 2. The van der Waals surface area contributed by atoms with Gasteiger partial charge in [-0.05, 0) is 207 Å². The third kappa shape index (κ3) is 29.4. The summed E-state index contributed by atoms with van der Waals surface area (Å²) in [5.41, 5.74) is 32.7. The highest BCUT2D eigenvalue weighted by molar-refractivity contribution is 7.80. The zero-order valence-corrected chi connectivity index (χ0v) is 84.0. The summed E-state index contributed by atoms with van der Waals surface area (Å²) in [4.78, 5) is 153. The standard InChI is InChI=1S/C28H26N4O4S.C24H27N5O4S.C19H15ClN4O3.C18H21N3O6S2.C11H8Cl2N2O2/c1-17-7-9-18(10-8-17)11-16-22(34)25(19-12-14-21(33)15-13-19)32(20-5-3-2-4-6-20)28(36)26-23(29)24(27(30)35)31-37-26;1-2-14-9-11-16(12-10-14)29(24(32)21-18(25)19(22(26)30)28-34-21)20(17-8-5-13-33-17)23(31)27-15-6-3-4-7-15;1-27-19(26)17(25)10-16(12-6-8-13(20)9-7-12)23-24-18-14-4-2-3-5-15(14)21-11-22-18;1-5-27-14(22)8-11-9-29-18(19-11)21-17(28)20-16(23)10-6-12(24-2)15(26-4)13(7-10)25-3;1-6-4-10(15-17-6)14-11(16)8-3-2-7(12)5-9(8)13/h2-10,12-15,25,33H,11,16,29H2,1H3,(H2,30,35);5,8-13,15,20H,2-4,6-7,25H2,1H3,(H2,26,30)(H,27,31);2-9,11H,10H2,1H3,(H,21,22,24);6-7,9H,5,8H2,1-4H3,(H2,19,20,21,23,28);2-5H,1H3,(H,14,15,16)/b;;23-16-;;. The number of ketones is 2. The highest BCUT2D eigenvalue weighted by atomic mass is 35.5. The minimum Gasteiger partial charge on any atom is -0.508 e. The third-order valence-electron chi connectivity index (χ3n) is 21.3. The first kappa shape index (κ1) is 108. The summed E-state index contributed by atoms with van der Waals surface area (Å²) in [5.74, 6) is -3.36. The number of nitrogens with zero attached hydrogens (tertiary/aromatic N) is 9. The molecular weight excluding hydrogens is 1990 g/mol. The zero-order chi connectivity index (χ0) is 104. The minimum atomic E-state index is -1.09. The number of carbonyl (C=O) groups excluding carboxylic acids is 11. The number of hydrogen-bond acceptors (Lipinski definition) is 33. The zero-order valence-electron chi connectivity index (χ0n) is 78.5. The molecule has 44 heteroatoms. The van der Waals surface area contributed by atoms with Gasteiger partial charge in [0, 0.05) is 56.3 Å². The van der Waals surface area contributed by atoms with Gasteiger partial charge in [-0.15, -0.1) is 11.3 Å². The number of aromatic hydroxyl groups is 1. The molecule has 2 unspecified atom stereocenters. The second-order valence-electron chi connectivity index (χ2n) is 31.2. The molecular formula is C100H97Cl3N18O19S4. The van der Waals surface area contributed by atoms with E-state index >= 15 is 0 Å². The van der Waals surface area contributed by atoms with E-state index in [1.165, 1.54) is 85.4 Å². The van der Waals surface area contributed by atoms with Crippen LogP contribution in [0.5, 0.6) is 23.0 Å². The fourth-order valence-electron chi connectivity index (χ4n) is 14.2. The normalized spacial score (nSPS) is 11.8. The first-order valence-electron chi connectivity index (χ1n) is 44.0. The largest absolute Gasteiger partial charge is 0.508 e. The number of hydrogen-bond donors (Lipinski definition) is 10. The van der Waals surface area contributed by atoms with E-state index in [-0.39, 0.29) is 103 Å². The van der Waals surface area contributed by atoms with Gasteiger partial charge in [-0.3, -0.25) is 68.5 Å². The lowest BCUT2D eigenvalue weighted by Gasteiger charge is -2.31. The minimum absolute atomic E-state index is 0.00719. The molecule has 0 spiro atoms. The molecule has 8 aromatic carbocycles. The molecule has 37 nitrogen and oxygen atoms in total. The van der Waals surface area contributed by atoms with Crippen LogP contribution < -0.4 is 73.6 Å². The summed E-state index contributed by atoms with van der Waals surface area (Å²) in [6.45, 7) is 7.81. The first-order chi connectivity index (χ1) is 69.2. The Morgan fingerprint density at radius 1 is 0.653 bits per heavy atom. The van der Waals surface area contributed by atoms with Crippen LogP contribution in [-0.4, -0.2) is 151 Å². The number of nitrogens with one attached hydrogen (secondary N) is 5. The Morgan fingerprint density at radius 2 is 1.26 bits per heavy atom.